The zero-order chi connectivity index (χ0) is 17.5. The Kier molecular flexibility index (Phi) is 6.55. The first-order valence-corrected chi connectivity index (χ1v) is 8.71. The fraction of sp³-hybridized carbons (Fsp3) is 0.263. The molecule has 0 saturated heterocycles. The summed E-state index contributed by atoms with van der Waals surface area (Å²) in [4.78, 5) is 26.6. The number of carbonyl (C=O) groups excluding carboxylic acids is 2. The van der Waals surface area contributed by atoms with E-state index in [-0.39, 0.29) is 18.4 Å². The fourth-order valence-electron chi connectivity index (χ4n) is 2.40. The van der Waals surface area contributed by atoms with E-state index < -0.39 is 0 Å². The largest absolute Gasteiger partial charge is 0.329 e. The van der Waals surface area contributed by atoms with Gasteiger partial charge in [-0.25, -0.2) is 0 Å². The quantitative estimate of drug-likeness (QED) is 0.803. The van der Waals surface area contributed by atoms with Crippen LogP contribution in [0.5, 0.6) is 0 Å². The van der Waals surface area contributed by atoms with Crippen molar-refractivity contribution in [3.05, 3.63) is 64.1 Å². The molecule has 5 heteroatoms. The highest BCUT2D eigenvalue weighted by Gasteiger charge is 2.18. The van der Waals surface area contributed by atoms with Gasteiger partial charge < -0.3 is 10.2 Å². The number of nitrogens with zero attached hydrogens (tertiary/aromatic N) is 1. The van der Waals surface area contributed by atoms with E-state index in [4.69, 9.17) is 0 Å². The van der Waals surface area contributed by atoms with Crippen LogP contribution in [-0.2, 0) is 4.79 Å². The molecule has 0 aliphatic carbocycles. The molecular weight excluding hydrogens is 368 g/mol. The number of para-hydroxylation sites is 1. The van der Waals surface area contributed by atoms with Crippen LogP contribution in [0.3, 0.4) is 0 Å². The van der Waals surface area contributed by atoms with Gasteiger partial charge in [-0.2, -0.15) is 0 Å². The second-order valence-corrected chi connectivity index (χ2v) is 6.52. The van der Waals surface area contributed by atoms with Crippen LogP contribution >= 0.6 is 15.9 Å². The van der Waals surface area contributed by atoms with Crippen LogP contribution < -0.4 is 5.32 Å². The lowest BCUT2D eigenvalue weighted by atomic mass is 10.2. The Bertz CT molecular complexity index is 731. The maximum atomic E-state index is 12.7. The first-order valence-electron chi connectivity index (χ1n) is 7.91. The van der Waals surface area contributed by atoms with E-state index in [0.29, 0.717) is 12.1 Å². The fourth-order valence-corrected chi connectivity index (χ4v) is 2.80. The van der Waals surface area contributed by atoms with Gasteiger partial charge in [0.25, 0.3) is 5.91 Å². The van der Waals surface area contributed by atoms with Crippen LogP contribution in [0.1, 0.15) is 29.3 Å². The number of nitrogens with one attached hydrogen (secondary N) is 1. The molecule has 2 rings (SSSR count). The second kappa shape index (κ2) is 8.64. The smallest absolute Gasteiger partial charge is 0.254 e. The van der Waals surface area contributed by atoms with Crippen LogP contribution in [0.25, 0.3) is 0 Å². The summed E-state index contributed by atoms with van der Waals surface area (Å²) in [5.41, 5.74) is 2.33. The summed E-state index contributed by atoms with van der Waals surface area (Å²) in [5, 5.41) is 2.87. The van der Waals surface area contributed by atoms with E-state index in [1.807, 2.05) is 50.2 Å². The van der Waals surface area contributed by atoms with E-state index in [9.17, 15) is 9.59 Å². The Morgan fingerprint density at radius 3 is 2.54 bits per heavy atom. The van der Waals surface area contributed by atoms with Crippen molar-refractivity contribution in [2.24, 2.45) is 0 Å². The topological polar surface area (TPSA) is 49.4 Å². The summed E-state index contributed by atoms with van der Waals surface area (Å²) in [6.07, 6.45) is 0.789. The summed E-state index contributed by atoms with van der Waals surface area (Å²) >= 11 is 3.37. The van der Waals surface area contributed by atoms with Crippen LogP contribution in [0.2, 0.25) is 0 Å². The van der Waals surface area contributed by atoms with Crippen molar-refractivity contribution in [3.63, 3.8) is 0 Å². The molecule has 0 spiro atoms. The Morgan fingerprint density at radius 1 is 1.12 bits per heavy atom. The van der Waals surface area contributed by atoms with Crippen LogP contribution in [0, 0.1) is 6.92 Å². The average Bonchev–Trinajstić information content (AvgIpc) is 2.56. The van der Waals surface area contributed by atoms with Crippen LogP contribution in [0.4, 0.5) is 5.69 Å². The Hall–Kier alpha value is -2.14. The van der Waals surface area contributed by atoms with Gasteiger partial charge in [0, 0.05) is 22.3 Å². The highest BCUT2D eigenvalue weighted by molar-refractivity contribution is 9.10. The zero-order valence-corrected chi connectivity index (χ0v) is 15.5. The normalized spacial score (nSPS) is 10.3. The van der Waals surface area contributed by atoms with E-state index in [2.05, 4.69) is 21.2 Å². The molecule has 4 nitrogen and oxygen atoms in total. The van der Waals surface area contributed by atoms with Crippen molar-refractivity contribution in [1.82, 2.24) is 4.90 Å². The van der Waals surface area contributed by atoms with Gasteiger partial charge in [0.05, 0.1) is 0 Å². The first-order chi connectivity index (χ1) is 11.5. The van der Waals surface area contributed by atoms with E-state index in [1.165, 1.54) is 0 Å². The van der Waals surface area contributed by atoms with Crippen molar-refractivity contribution in [1.29, 1.82) is 0 Å². The molecule has 2 aromatic rings. The molecule has 0 heterocycles. The maximum Gasteiger partial charge on any atom is 0.254 e. The van der Waals surface area contributed by atoms with Crippen molar-refractivity contribution in [2.45, 2.75) is 20.3 Å². The predicted octanol–water partition coefficient (Wildman–Crippen LogP) is 4.25. The SMILES string of the molecule is CCCN(CC(=O)Nc1ccccc1C)C(=O)c1cccc(Br)c1. The van der Waals surface area contributed by atoms with Gasteiger partial charge in [0.15, 0.2) is 0 Å². The van der Waals surface area contributed by atoms with Crippen LogP contribution in [0.15, 0.2) is 53.0 Å². The molecule has 0 unspecified atom stereocenters. The minimum Gasteiger partial charge on any atom is -0.329 e. The lowest BCUT2D eigenvalue weighted by Gasteiger charge is -2.22. The summed E-state index contributed by atoms with van der Waals surface area (Å²) in [5.74, 6) is -0.334. The number of amides is 2. The van der Waals surface area contributed by atoms with Gasteiger partial charge in [-0.05, 0) is 43.2 Å². The molecule has 0 bridgehead atoms. The molecule has 126 valence electrons. The number of hydrogen-bond acceptors (Lipinski definition) is 2. The van der Waals surface area contributed by atoms with Gasteiger partial charge in [0.2, 0.25) is 5.91 Å². The van der Waals surface area contributed by atoms with Crippen molar-refractivity contribution >= 4 is 33.4 Å². The average molecular weight is 389 g/mol. The summed E-state index contributed by atoms with van der Waals surface area (Å²) in [6.45, 7) is 4.49. The van der Waals surface area contributed by atoms with E-state index in [1.54, 1.807) is 17.0 Å². The summed E-state index contributed by atoms with van der Waals surface area (Å²) in [6, 6.07) is 14.8. The third-order valence-corrected chi connectivity index (χ3v) is 4.10. The molecule has 24 heavy (non-hydrogen) atoms. The molecule has 2 amide bonds. The summed E-state index contributed by atoms with van der Waals surface area (Å²) in [7, 11) is 0. The molecule has 0 aliphatic rings. The van der Waals surface area contributed by atoms with Gasteiger partial charge in [-0.1, -0.05) is 47.1 Å². The minimum atomic E-state index is -0.193. The van der Waals surface area contributed by atoms with E-state index in [0.717, 1.165) is 22.1 Å². The highest BCUT2D eigenvalue weighted by Crippen LogP contribution is 2.15. The third-order valence-electron chi connectivity index (χ3n) is 3.61. The number of hydrogen-bond donors (Lipinski definition) is 1. The zero-order valence-electron chi connectivity index (χ0n) is 13.9. The number of benzene rings is 2. The predicted molar refractivity (Wildman–Crippen MR) is 100 cm³/mol. The van der Waals surface area contributed by atoms with Crippen LogP contribution in [-0.4, -0.2) is 29.8 Å². The molecule has 0 saturated carbocycles. The number of rotatable bonds is 6. The van der Waals surface area contributed by atoms with Gasteiger partial charge in [0.1, 0.15) is 6.54 Å². The molecule has 0 fully saturated rings. The van der Waals surface area contributed by atoms with Gasteiger partial charge >= 0.3 is 0 Å². The van der Waals surface area contributed by atoms with Gasteiger partial charge in [-0.3, -0.25) is 9.59 Å². The lowest BCUT2D eigenvalue weighted by molar-refractivity contribution is -0.116. The van der Waals surface area contributed by atoms with Crippen molar-refractivity contribution in [3.8, 4) is 0 Å². The Balaban J connectivity index is 2.09. The first kappa shape index (κ1) is 18.2. The lowest BCUT2D eigenvalue weighted by Crippen LogP contribution is -2.38. The molecule has 1 N–H and O–H groups in total. The molecule has 0 aromatic heterocycles. The maximum absolute atomic E-state index is 12.7. The minimum absolute atomic E-state index is 0.0352. The number of aryl methyl sites for hydroxylation is 1. The molecule has 0 radical (unpaired) electrons. The third kappa shape index (κ3) is 4.93. The standard InChI is InChI=1S/C19H21BrN2O2/c1-3-11-22(19(24)15-8-6-9-16(20)12-15)13-18(23)21-17-10-5-4-7-14(17)2/h4-10,12H,3,11,13H2,1-2H3,(H,21,23). The van der Waals surface area contributed by atoms with Crippen molar-refractivity contribution < 1.29 is 9.59 Å². The summed E-state index contributed by atoms with van der Waals surface area (Å²) < 4.78 is 0.842. The monoisotopic (exact) mass is 388 g/mol. The Labute approximate surface area is 151 Å². The van der Waals surface area contributed by atoms with Gasteiger partial charge in [-0.15, -0.1) is 0 Å². The molecule has 2 aromatic carbocycles. The second-order valence-electron chi connectivity index (χ2n) is 5.60. The van der Waals surface area contributed by atoms with Crippen molar-refractivity contribution in [2.75, 3.05) is 18.4 Å². The molecule has 0 atom stereocenters. The van der Waals surface area contributed by atoms with E-state index >= 15 is 0 Å². The number of carbonyl (C=O) groups is 2. The number of anilines is 1. The highest BCUT2D eigenvalue weighted by atomic mass is 79.9. The molecular formula is C19H21BrN2O2. The molecule has 0 aliphatic heterocycles. The Morgan fingerprint density at radius 2 is 1.88 bits per heavy atom. The number of halogens is 1.